The Hall–Kier alpha value is -3.36. The van der Waals surface area contributed by atoms with Crippen molar-refractivity contribution in [1.29, 1.82) is 0 Å². The summed E-state index contributed by atoms with van der Waals surface area (Å²) >= 11 is 0. The van der Waals surface area contributed by atoms with E-state index < -0.39 is 28.1 Å². The zero-order valence-electron chi connectivity index (χ0n) is 14.8. The maximum Gasteiger partial charge on any atom is 0.334 e. The average molecular weight is 361 g/mol. The van der Waals surface area contributed by atoms with E-state index in [2.05, 4.69) is 5.32 Å². The Morgan fingerprint density at radius 2 is 1.85 bits per heavy atom. The lowest BCUT2D eigenvalue weighted by Gasteiger charge is -2.18. The second kappa shape index (κ2) is 7.68. The van der Waals surface area contributed by atoms with Crippen LogP contribution >= 0.6 is 0 Å². The molecule has 1 heterocycles. The largest absolute Gasteiger partial charge is 0.493 e. The molecule has 26 heavy (non-hydrogen) atoms. The molecule has 1 amide bonds. The molecule has 0 fully saturated rings. The van der Waals surface area contributed by atoms with Gasteiger partial charge in [-0.25, -0.2) is 0 Å². The number of nitrogens with one attached hydrogen (secondary N) is 1. The molecule has 0 aliphatic rings. The number of methoxy groups -OCH3 is 2. The number of rotatable bonds is 6. The molecule has 9 nitrogen and oxygen atoms in total. The predicted molar refractivity (Wildman–Crippen MR) is 95.0 cm³/mol. The highest BCUT2D eigenvalue weighted by molar-refractivity contribution is 5.93. The van der Waals surface area contributed by atoms with Crippen LogP contribution < -0.4 is 20.3 Å². The molecule has 9 heteroatoms. The second-order valence-electron chi connectivity index (χ2n) is 5.53. The van der Waals surface area contributed by atoms with E-state index in [-0.39, 0.29) is 0 Å². The Kier molecular flexibility index (Phi) is 5.61. The number of benzene rings is 1. The van der Waals surface area contributed by atoms with Gasteiger partial charge in [0.1, 0.15) is 6.04 Å². The smallest absolute Gasteiger partial charge is 0.334 e. The number of pyridine rings is 1. The molecule has 0 aliphatic carbocycles. The Labute approximate surface area is 149 Å². The molecule has 1 atom stereocenters. The van der Waals surface area contributed by atoms with Gasteiger partial charge in [-0.15, -0.1) is 0 Å². The summed E-state index contributed by atoms with van der Waals surface area (Å²) in [6.45, 7) is 3.10. The monoisotopic (exact) mass is 361 g/mol. The van der Waals surface area contributed by atoms with Gasteiger partial charge in [-0.05, 0) is 32.0 Å². The van der Waals surface area contributed by atoms with Crippen molar-refractivity contribution in [2.45, 2.75) is 19.9 Å². The summed E-state index contributed by atoms with van der Waals surface area (Å²) in [5.41, 5.74) is -0.530. The molecule has 0 saturated carbocycles. The minimum Gasteiger partial charge on any atom is -0.493 e. The van der Waals surface area contributed by atoms with Crippen molar-refractivity contribution >= 4 is 17.3 Å². The SMILES string of the molecule is COc1ccc(NC(=O)C(C)n2c(C)ccc([N+](=O)[O-])c2=O)cc1OC. The van der Waals surface area contributed by atoms with Crippen LogP contribution in [0.5, 0.6) is 11.5 Å². The van der Waals surface area contributed by atoms with Gasteiger partial charge in [0.25, 0.3) is 0 Å². The fourth-order valence-electron chi connectivity index (χ4n) is 2.53. The third kappa shape index (κ3) is 3.66. The molecule has 0 saturated heterocycles. The van der Waals surface area contributed by atoms with Crippen molar-refractivity contribution in [3.8, 4) is 11.5 Å². The van der Waals surface area contributed by atoms with E-state index in [9.17, 15) is 19.7 Å². The molecular formula is C17H19N3O6. The van der Waals surface area contributed by atoms with Crippen LogP contribution in [0.2, 0.25) is 0 Å². The van der Waals surface area contributed by atoms with Crippen molar-refractivity contribution < 1.29 is 19.2 Å². The zero-order valence-corrected chi connectivity index (χ0v) is 14.8. The topological polar surface area (TPSA) is 113 Å². The van der Waals surface area contributed by atoms with E-state index in [1.165, 1.54) is 27.2 Å². The fraction of sp³-hybridized carbons (Fsp3) is 0.294. The number of aryl methyl sites for hydroxylation is 1. The molecule has 1 N–H and O–H groups in total. The number of ether oxygens (including phenoxy) is 2. The van der Waals surface area contributed by atoms with E-state index in [0.29, 0.717) is 22.9 Å². The van der Waals surface area contributed by atoms with Crippen LogP contribution in [0.3, 0.4) is 0 Å². The van der Waals surface area contributed by atoms with Gasteiger partial charge in [0, 0.05) is 23.5 Å². The number of anilines is 1. The van der Waals surface area contributed by atoms with Gasteiger partial charge in [-0.3, -0.25) is 24.3 Å². The number of amides is 1. The molecule has 0 spiro atoms. The van der Waals surface area contributed by atoms with Crippen molar-refractivity contribution in [3.05, 3.63) is 56.5 Å². The summed E-state index contributed by atoms with van der Waals surface area (Å²) in [7, 11) is 2.97. The van der Waals surface area contributed by atoms with E-state index in [4.69, 9.17) is 9.47 Å². The number of hydrogen-bond acceptors (Lipinski definition) is 6. The number of nitrogens with zero attached hydrogens (tertiary/aromatic N) is 2. The second-order valence-corrected chi connectivity index (χ2v) is 5.53. The highest BCUT2D eigenvalue weighted by Gasteiger charge is 2.23. The molecule has 0 aliphatic heterocycles. The summed E-state index contributed by atoms with van der Waals surface area (Å²) in [6.07, 6.45) is 0. The first kappa shape index (κ1) is 19.0. The lowest BCUT2D eigenvalue weighted by atomic mass is 10.2. The summed E-state index contributed by atoms with van der Waals surface area (Å²) in [5, 5.41) is 13.6. The van der Waals surface area contributed by atoms with E-state index in [1.54, 1.807) is 25.1 Å². The van der Waals surface area contributed by atoms with E-state index in [0.717, 1.165) is 10.6 Å². The number of carbonyl (C=O) groups is 1. The lowest BCUT2D eigenvalue weighted by molar-refractivity contribution is -0.386. The Morgan fingerprint density at radius 3 is 2.42 bits per heavy atom. The Morgan fingerprint density at radius 1 is 1.19 bits per heavy atom. The van der Waals surface area contributed by atoms with Gasteiger partial charge in [-0.2, -0.15) is 0 Å². The number of nitro groups is 1. The predicted octanol–water partition coefficient (Wildman–Crippen LogP) is 2.28. The van der Waals surface area contributed by atoms with Gasteiger partial charge >= 0.3 is 11.2 Å². The normalized spacial score (nSPS) is 11.5. The zero-order chi connectivity index (χ0) is 19.4. The van der Waals surface area contributed by atoms with Gasteiger partial charge < -0.3 is 14.8 Å². The van der Waals surface area contributed by atoms with Crippen LogP contribution in [-0.4, -0.2) is 29.6 Å². The summed E-state index contributed by atoms with van der Waals surface area (Å²) in [5.74, 6) is 0.439. The number of hydrogen-bond donors (Lipinski definition) is 1. The molecule has 138 valence electrons. The maximum atomic E-state index is 12.5. The van der Waals surface area contributed by atoms with Crippen LogP contribution in [0.15, 0.2) is 35.1 Å². The fourth-order valence-corrected chi connectivity index (χ4v) is 2.53. The van der Waals surface area contributed by atoms with Crippen molar-refractivity contribution in [2.24, 2.45) is 0 Å². The van der Waals surface area contributed by atoms with Gasteiger partial charge in [0.2, 0.25) is 5.91 Å². The molecule has 2 aromatic rings. The van der Waals surface area contributed by atoms with Gasteiger partial charge in [0.05, 0.1) is 19.1 Å². The van der Waals surface area contributed by atoms with Crippen LogP contribution in [-0.2, 0) is 4.79 Å². The quantitative estimate of drug-likeness (QED) is 0.624. The van der Waals surface area contributed by atoms with Crippen LogP contribution in [0.25, 0.3) is 0 Å². The van der Waals surface area contributed by atoms with E-state index in [1.807, 2.05) is 0 Å². The van der Waals surface area contributed by atoms with Crippen molar-refractivity contribution in [1.82, 2.24) is 4.57 Å². The molecule has 2 rings (SSSR count). The molecular weight excluding hydrogens is 342 g/mol. The first-order valence-corrected chi connectivity index (χ1v) is 7.69. The first-order chi connectivity index (χ1) is 12.3. The number of aromatic nitrogens is 1. The Bertz CT molecular complexity index is 906. The average Bonchev–Trinajstić information content (AvgIpc) is 2.61. The molecule has 0 bridgehead atoms. The van der Waals surface area contributed by atoms with Crippen LogP contribution in [0.4, 0.5) is 11.4 Å². The highest BCUT2D eigenvalue weighted by Crippen LogP contribution is 2.30. The lowest BCUT2D eigenvalue weighted by Crippen LogP contribution is -2.33. The summed E-state index contributed by atoms with van der Waals surface area (Å²) < 4.78 is 11.4. The van der Waals surface area contributed by atoms with Crippen LogP contribution in [0, 0.1) is 17.0 Å². The van der Waals surface area contributed by atoms with E-state index >= 15 is 0 Å². The molecule has 1 aromatic heterocycles. The maximum absolute atomic E-state index is 12.5. The minimum absolute atomic E-state index is 0.432. The standard InChI is InChI=1S/C17H19N3O6/c1-10-5-7-13(20(23)24)17(22)19(10)11(2)16(21)18-12-6-8-14(25-3)15(9-12)26-4/h5-9,11H,1-4H3,(H,18,21). The summed E-state index contributed by atoms with van der Waals surface area (Å²) in [4.78, 5) is 35.1. The third-order valence-corrected chi connectivity index (χ3v) is 3.91. The van der Waals surface area contributed by atoms with Crippen molar-refractivity contribution in [2.75, 3.05) is 19.5 Å². The highest BCUT2D eigenvalue weighted by atomic mass is 16.6. The van der Waals surface area contributed by atoms with Crippen LogP contribution in [0.1, 0.15) is 18.7 Å². The van der Waals surface area contributed by atoms with Gasteiger partial charge in [0.15, 0.2) is 11.5 Å². The third-order valence-electron chi connectivity index (χ3n) is 3.91. The van der Waals surface area contributed by atoms with Crippen molar-refractivity contribution in [3.63, 3.8) is 0 Å². The number of carbonyl (C=O) groups excluding carboxylic acids is 1. The minimum atomic E-state index is -0.949. The molecule has 1 aromatic carbocycles. The first-order valence-electron chi connectivity index (χ1n) is 7.69. The summed E-state index contributed by atoms with van der Waals surface area (Å²) in [6, 6.07) is 6.44. The Balaban J connectivity index is 2.33. The molecule has 0 radical (unpaired) electrons. The molecule has 1 unspecified atom stereocenters. The van der Waals surface area contributed by atoms with Gasteiger partial charge in [-0.1, -0.05) is 0 Å².